The monoisotopic (exact) mass is 624 g/mol. The van der Waals surface area contributed by atoms with Crippen molar-refractivity contribution in [2.75, 3.05) is 0 Å². The molecule has 6 heteroatoms. The number of benzene rings is 3. The van der Waals surface area contributed by atoms with Crippen molar-refractivity contribution in [3.8, 4) is 22.7 Å². The van der Waals surface area contributed by atoms with Gasteiger partial charge in [0.25, 0.3) is 0 Å². The number of nitrogens with zero attached hydrogens (tertiary/aromatic N) is 4. The van der Waals surface area contributed by atoms with E-state index in [2.05, 4.69) is 45.5 Å². The molecule has 1 radical (unpaired) electrons. The number of pyridine rings is 1. The normalized spacial score (nSPS) is 11.8. The zero-order valence-electron chi connectivity index (χ0n) is 18.6. The van der Waals surface area contributed by atoms with Gasteiger partial charge in [-0.2, -0.15) is 10.2 Å². The number of hydrogen-bond donors (Lipinski definition) is 1. The van der Waals surface area contributed by atoms with Gasteiger partial charge in [0, 0.05) is 39.1 Å². The topological polar surface area (TPSA) is 63.8 Å². The van der Waals surface area contributed by atoms with E-state index >= 15 is 0 Å². The average molecular weight is 624 g/mol. The van der Waals surface area contributed by atoms with E-state index < -0.39 is 0 Å². The zero-order chi connectivity index (χ0) is 22.6. The molecular formula is C28H23IrN4O-. The number of aromatic nitrogens is 4. The van der Waals surface area contributed by atoms with Gasteiger partial charge in [-0.3, -0.25) is 0 Å². The van der Waals surface area contributed by atoms with E-state index in [1.54, 1.807) is 6.07 Å². The van der Waals surface area contributed by atoms with Crippen molar-refractivity contribution in [2.45, 2.75) is 19.8 Å². The van der Waals surface area contributed by atoms with E-state index in [0.717, 1.165) is 41.1 Å². The molecule has 0 amide bonds. The third-order valence-electron chi connectivity index (χ3n) is 5.54. The van der Waals surface area contributed by atoms with Crippen LogP contribution >= 0.6 is 0 Å². The summed E-state index contributed by atoms with van der Waals surface area (Å²) in [5, 5.41) is 21.1. The van der Waals surface area contributed by atoms with Crippen LogP contribution in [0.15, 0.2) is 91.1 Å². The van der Waals surface area contributed by atoms with Gasteiger partial charge in [-0.25, -0.2) is 0 Å². The molecule has 171 valence electrons. The summed E-state index contributed by atoms with van der Waals surface area (Å²) in [6.07, 6.45) is 7.68. The van der Waals surface area contributed by atoms with Crippen LogP contribution in [0.3, 0.4) is 0 Å². The number of aryl methyl sites for hydroxylation is 1. The number of fused-ring (bicyclic) bond motifs is 2. The van der Waals surface area contributed by atoms with Crippen LogP contribution in [0.4, 0.5) is 0 Å². The Bertz CT molecular complexity index is 1410. The Morgan fingerprint density at radius 2 is 1.62 bits per heavy atom. The standard InChI is InChI=1S/C15H10N.C13H13N3O.Ir/c1-2-7-13(8-3-1)15-14-9-5-4-6-12(14)10-11-16-15;1-9-6-7-13(17)12(8-9)16-14-10-4-2-3-5-11(10)15-16;/h1-7,9-11H;2-3,6-8,17H,4-5H2,1H3;/q-1;;. The molecule has 2 aromatic heterocycles. The van der Waals surface area contributed by atoms with Crippen LogP contribution in [-0.4, -0.2) is 25.1 Å². The molecule has 6 rings (SSSR count). The summed E-state index contributed by atoms with van der Waals surface area (Å²) >= 11 is 0. The molecule has 5 nitrogen and oxygen atoms in total. The van der Waals surface area contributed by atoms with Gasteiger partial charge in [-0.15, -0.1) is 40.7 Å². The Kier molecular flexibility index (Phi) is 7.31. The van der Waals surface area contributed by atoms with E-state index in [1.807, 2.05) is 67.7 Å². The molecule has 2 heterocycles. The number of hydrogen-bond acceptors (Lipinski definition) is 4. The molecule has 0 atom stereocenters. The molecule has 0 bridgehead atoms. The maximum absolute atomic E-state index is 9.83. The van der Waals surface area contributed by atoms with Crippen LogP contribution in [0.1, 0.15) is 17.0 Å². The fourth-order valence-corrected chi connectivity index (χ4v) is 3.85. The van der Waals surface area contributed by atoms with Crippen LogP contribution in [0.5, 0.6) is 5.75 Å². The largest absolute Gasteiger partial charge is 0.506 e. The van der Waals surface area contributed by atoms with Gasteiger partial charge in [0.1, 0.15) is 11.4 Å². The van der Waals surface area contributed by atoms with Crippen molar-refractivity contribution in [3.63, 3.8) is 0 Å². The molecule has 0 spiro atoms. The zero-order valence-corrected chi connectivity index (χ0v) is 21.0. The molecule has 0 aliphatic heterocycles. The summed E-state index contributed by atoms with van der Waals surface area (Å²) in [5.41, 5.74) is 5.74. The fourth-order valence-electron chi connectivity index (χ4n) is 3.85. The van der Waals surface area contributed by atoms with Crippen LogP contribution in [0.2, 0.25) is 0 Å². The summed E-state index contributed by atoms with van der Waals surface area (Å²) in [6, 6.07) is 26.9. The van der Waals surface area contributed by atoms with E-state index in [-0.39, 0.29) is 25.9 Å². The molecule has 0 saturated carbocycles. The summed E-state index contributed by atoms with van der Waals surface area (Å²) < 4.78 is 0. The van der Waals surface area contributed by atoms with Crippen molar-refractivity contribution in [2.24, 2.45) is 0 Å². The van der Waals surface area contributed by atoms with Crippen molar-refractivity contribution < 1.29 is 25.2 Å². The molecule has 34 heavy (non-hydrogen) atoms. The number of allylic oxidation sites excluding steroid dienone is 2. The molecule has 0 unspecified atom stereocenters. The summed E-state index contributed by atoms with van der Waals surface area (Å²) in [7, 11) is 0. The van der Waals surface area contributed by atoms with E-state index in [0.29, 0.717) is 5.69 Å². The first-order valence-electron chi connectivity index (χ1n) is 10.9. The minimum Gasteiger partial charge on any atom is -0.506 e. The second-order valence-electron chi connectivity index (χ2n) is 7.91. The minimum absolute atomic E-state index is 0. The van der Waals surface area contributed by atoms with Gasteiger partial charge < -0.3 is 10.1 Å². The summed E-state index contributed by atoms with van der Waals surface area (Å²) in [5.74, 6) is 0.205. The first kappa shape index (κ1) is 23.6. The van der Waals surface area contributed by atoms with Crippen LogP contribution in [0.25, 0.3) is 27.7 Å². The van der Waals surface area contributed by atoms with Crippen LogP contribution in [0, 0.1) is 13.0 Å². The van der Waals surface area contributed by atoms with Crippen LogP contribution in [-0.2, 0) is 32.9 Å². The first-order valence-corrected chi connectivity index (χ1v) is 10.9. The second kappa shape index (κ2) is 10.6. The van der Waals surface area contributed by atoms with Gasteiger partial charge in [0.15, 0.2) is 0 Å². The number of phenolic OH excluding ortho intramolecular Hbond substituents is 1. The third-order valence-corrected chi connectivity index (χ3v) is 5.54. The van der Waals surface area contributed by atoms with Gasteiger partial charge in [0.2, 0.25) is 0 Å². The summed E-state index contributed by atoms with van der Waals surface area (Å²) in [4.78, 5) is 5.97. The second-order valence-corrected chi connectivity index (χ2v) is 7.91. The summed E-state index contributed by atoms with van der Waals surface area (Å²) in [6.45, 7) is 1.98. The molecule has 0 saturated heterocycles. The Morgan fingerprint density at radius 3 is 2.35 bits per heavy atom. The minimum atomic E-state index is 0. The third kappa shape index (κ3) is 4.98. The quantitative estimate of drug-likeness (QED) is 0.205. The number of phenols is 1. The Hall–Kier alpha value is -3.60. The number of aromatic hydroxyl groups is 1. The Labute approximate surface area is 212 Å². The Morgan fingerprint density at radius 1 is 0.882 bits per heavy atom. The molecule has 1 aliphatic rings. The predicted molar refractivity (Wildman–Crippen MR) is 130 cm³/mol. The van der Waals surface area contributed by atoms with Crippen molar-refractivity contribution in [1.82, 2.24) is 20.0 Å². The van der Waals surface area contributed by atoms with Gasteiger partial charge in [-0.05, 0) is 47.2 Å². The van der Waals surface area contributed by atoms with Gasteiger partial charge in [-0.1, -0.05) is 42.5 Å². The molecule has 0 fully saturated rings. The van der Waals surface area contributed by atoms with E-state index in [9.17, 15) is 5.11 Å². The van der Waals surface area contributed by atoms with Crippen molar-refractivity contribution in [1.29, 1.82) is 0 Å². The maximum Gasteiger partial charge on any atom is 0.143 e. The molecule has 1 N–H and O–H groups in total. The van der Waals surface area contributed by atoms with Crippen molar-refractivity contribution in [3.05, 3.63) is 114 Å². The molecular weight excluding hydrogens is 601 g/mol. The smallest absolute Gasteiger partial charge is 0.143 e. The Balaban J connectivity index is 0.000000157. The predicted octanol–water partition coefficient (Wildman–Crippen LogP) is 5.64. The first-order chi connectivity index (χ1) is 16.2. The molecule has 1 aliphatic carbocycles. The fraction of sp³-hybridized carbons (Fsp3) is 0.107. The average Bonchev–Trinajstić information content (AvgIpc) is 3.30. The maximum atomic E-state index is 9.83. The van der Waals surface area contributed by atoms with Crippen LogP contribution < -0.4 is 0 Å². The van der Waals surface area contributed by atoms with Gasteiger partial charge in [0.05, 0.1) is 11.4 Å². The SMILES string of the molecule is Cc1ccc(O)c(-n2nc3c(n2)CC=CC3)c1.[Ir].[c-]1ccccc1-c1nccc2ccccc12. The molecule has 5 aromatic rings. The molecule has 3 aromatic carbocycles. The number of rotatable bonds is 2. The van der Waals surface area contributed by atoms with Crippen molar-refractivity contribution >= 4 is 10.8 Å². The van der Waals surface area contributed by atoms with Gasteiger partial charge >= 0.3 is 0 Å². The van der Waals surface area contributed by atoms with E-state index in [1.165, 1.54) is 15.6 Å². The van der Waals surface area contributed by atoms with E-state index in [4.69, 9.17) is 0 Å².